The summed E-state index contributed by atoms with van der Waals surface area (Å²) in [6.45, 7) is 0. The first-order valence-corrected chi connectivity index (χ1v) is 6.68. The Balaban J connectivity index is 2.36. The van der Waals surface area contributed by atoms with E-state index < -0.39 is 17.1 Å². The Morgan fingerprint density at radius 2 is 1.90 bits per heavy atom. The predicted molar refractivity (Wildman–Crippen MR) is 76.7 cm³/mol. The van der Waals surface area contributed by atoms with E-state index in [0.29, 0.717) is 5.56 Å². The summed E-state index contributed by atoms with van der Waals surface area (Å²) in [5.74, 6) is -0.960. The number of fused-ring (bicyclic) bond motifs is 3. The lowest BCUT2D eigenvalue weighted by Gasteiger charge is -2.27. The zero-order valence-corrected chi connectivity index (χ0v) is 11.3. The lowest BCUT2D eigenvalue weighted by atomic mass is 9.74. The Hall–Kier alpha value is -2.67. The van der Waals surface area contributed by atoms with Crippen molar-refractivity contribution in [3.8, 4) is 17.2 Å². The van der Waals surface area contributed by atoms with Gasteiger partial charge in [0.25, 0.3) is 0 Å². The third-order valence-corrected chi connectivity index (χ3v) is 4.15. The van der Waals surface area contributed by atoms with Crippen LogP contribution in [0.4, 0.5) is 4.39 Å². The van der Waals surface area contributed by atoms with Crippen LogP contribution >= 0.6 is 0 Å². The van der Waals surface area contributed by atoms with Gasteiger partial charge in [-0.1, -0.05) is 30.3 Å². The van der Waals surface area contributed by atoms with Crippen molar-refractivity contribution in [3.63, 3.8) is 0 Å². The normalized spacial score (nSPS) is 18.7. The summed E-state index contributed by atoms with van der Waals surface area (Å²) in [5.41, 5.74) is 7.57. The molecule has 0 bridgehead atoms. The van der Waals surface area contributed by atoms with Crippen molar-refractivity contribution in [2.45, 2.75) is 18.3 Å². The maximum Gasteiger partial charge on any atom is 0.232 e. The zero-order chi connectivity index (χ0) is 15.0. The first-order valence-electron chi connectivity index (χ1n) is 6.68. The molecule has 0 saturated carbocycles. The summed E-state index contributed by atoms with van der Waals surface area (Å²) >= 11 is 0. The van der Waals surface area contributed by atoms with E-state index in [-0.39, 0.29) is 12.8 Å². The second kappa shape index (κ2) is 4.71. The van der Waals surface area contributed by atoms with E-state index in [1.165, 1.54) is 12.1 Å². The Kier molecular flexibility index (Phi) is 2.99. The van der Waals surface area contributed by atoms with E-state index in [1.807, 2.05) is 30.3 Å². The molecule has 0 spiro atoms. The molecular weight excluding hydrogens is 267 g/mol. The standard InChI is InChI=1S/C17H13FN2O/c18-11-6-7-13-12-4-1-2-5-14(12)17(16(20)21,8-3-9-19)15(13)10-11/h1-2,4-7,10H,3,8H2,(H2,20,21). The molecule has 104 valence electrons. The third-order valence-electron chi connectivity index (χ3n) is 4.15. The largest absolute Gasteiger partial charge is 0.369 e. The highest BCUT2D eigenvalue weighted by atomic mass is 19.1. The van der Waals surface area contributed by atoms with Crippen molar-refractivity contribution < 1.29 is 9.18 Å². The minimum absolute atomic E-state index is 0.174. The summed E-state index contributed by atoms with van der Waals surface area (Å²) in [5, 5.41) is 8.90. The van der Waals surface area contributed by atoms with Gasteiger partial charge < -0.3 is 5.73 Å². The van der Waals surface area contributed by atoms with Crippen molar-refractivity contribution in [2.75, 3.05) is 0 Å². The number of nitrogens with two attached hydrogens (primary N) is 1. The minimum atomic E-state index is -1.12. The lowest BCUT2D eigenvalue weighted by molar-refractivity contribution is -0.122. The van der Waals surface area contributed by atoms with Crippen molar-refractivity contribution in [1.82, 2.24) is 0 Å². The van der Waals surface area contributed by atoms with Crippen molar-refractivity contribution in [2.24, 2.45) is 5.73 Å². The fourth-order valence-electron chi connectivity index (χ4n) is 3.24. The number of hydrogen-bond acceptors (Lipinski definition) is 2. The van der Waals surface area contributed by atoms with E-state index in [4.69, 9.17) is 11.0 Å². The summed E-state index contributed by atoms with van der Waals surface area (Å²) in [4.78, 5) is 12.3. The zero-order valence-electron chi connectivity index (χ0n) is 11.3. The van der Waals surface area contributed by atoms with Crippen LogP contribution in [0.5, 0.6) is 0 Å². The van der Waals surface area contributed by atoms with Crippen molar-refractivity contribution in [1.29, 1.82) is 5.26 Å². The molecular formula is C17H13FN2O. The predicted octanol–water partition coefficient (Wildman–Crippen LogP) is 2.88. The molecule has 3 nitrogen and oxygen atoms in total. The Morgan fingerprint density at radius 3 is 2.62 bits per heavy atom. The molecule has 3 rings (SSSR count). The van der Waals surface area contributed by atoms with Gasteiger partial charge in [-0.25, -0.2) is 4.39 Å². The molecule has 2 N–H and O–H groups in total. The highest BCUT2D eigenvalue weighted by molar-refractivity contribution is 5.99. The minimum Gasteiger partial charge on any atom is -0.369 e. The molecule has 2 aromatic carbocycles. The number of nitriles is 1. The molecule has 0 heterocycles. The number of hydrogen-bond donors (Lipinski definition) is 1. The van der Waals surface area contributed by atoms with Gasteiger partial charge >= 0.3 is 0 Å². The van der Waals surface area contributed by atoms with E-state index >= 15 is 0 Å². The molecule has 0 fully saturated rings. The van der Waals surface area contributed by atoms with Crippen LogP contribution < -0.4 is 5.73 Å². The molecule has 4 heteroatoms. The van der Waals surface area contributed by atoms with Gasteiger partial charge in [0.15, 0.2) is 0 Å². The van der Waals surface area contributed by atoms with Gasteiger partial charge in [-0.15, -0.1) is 0 Å². The third kappa shape index (κ3) is 1.74. The first kappa shape index (κ1) is 13.3. The Labute approximate surface area is 121 Å². The number of nitrogens with zero attached hydrogens (tertiary/aromatic N) is 1. The van der Waals surface area contributed by atoms with Crippen LogP contribution in [-0.2, 0) is 10.2 Å². The number of rotatable bonds is 3. The molecule has 1 unspecified atom stereocenters. The molecule has 0 radical (unpaired) electrons. The fraction of sp³-hybridized carbons (Fsp3) is 0.176. The maximum atomic E-state index is 13.7. The van der Waals surface area contributed by atoms with Crippen LogP contribution in [0.2, 0.25) is 0 Å². The van der Waals surface area contributed by atoms with Crippen LogP contribution in [-0.4, -0.2) is 5.91 Å². The number of benzene rings is 2. The molecule has 1 aliphatic rings. The quantitative estimate of drug-likeness (QED) is 0.939. The molecule has 21 heavy (non-hydrogen) atoms. The van der Waals surface area contributed by atoms with Crippen molar-refractivity contribution >= 4 is 5.91 Å². The average molecular weight is 280 g/mol. The van der Waals surface area contributed by atoms with Crippen LogP contribution in [0, 0.1) is 17.1 Å². The van der Waals surface area contributed by atoms with Gasteiger partial charge in [-0.05, 0) is 40.8 Å². The van der Waals surface area contributed by atoms with Crippen LogP contribution in [0.15, 0.2) is 42.5 Å². The van der Waals surface area contributed by atoms with Crippen LogP contribution in [0.1, 0.15) is 24.0 Å². The Morgan fingerprint density at radius 1 is 1.19 bits per heavy atom. The number of halogens is 1. The van der Waals surface area contributed by atoms with E-state index in [9.17, 15) is 9.18 Å². The van der Waals surface area contributed by atoms with Crippen molar-refractivity contribution in [3.05, 3.63) is 59.4 Å². The molecule has 2 aromatic rings. The number of carbonyl (C=O) groups excluding carboxylic acids is 1. The lowest BCUT2D eigenvalue weighted by Crippen LogP contribution is -2.40. The summed E-state index contributed by atoms with van der Waals surface area (Å²) < 4.78 is 13.7. The summed E-state index contributed by atoms with van der Waals surface area (Å²) in [7, 11) is 0. The summed E-state index contributed by atoms with van der Waals surface area (Å²) in [6.07, 6.45) is 0.430. The van der Waals surface area contributed by atoms with Gasteiger partial charge in [0, 0.05) is 6.42 Å². The number of carbonyl (C=O) groups is 1. The maximum absolute atomic E-state index is 13.7. The number of amides is 1. The molecule has 0 aromatic heterocycles. The van der Waals surface area contributed by atoms with Crippen LogP contribution in [0.3, 0.4) is 0 Å². The molecule has 1 amide bonds. The summed E-state index contributed by atoms with van der Waals surface area (Å²) in [6, 6.07) is 13.9. The topological polar surface area (TPSA) is 66.9 Å². The molecule has 1 aliphatic carbocycles. The average Bonchev–Trinajstić information content (AvgIpc) is 2.76. The smallest absolute Gasteiger partial charge is 0.232 e. The molecule has 0 aliphatic heterocycles. The van der Waals surface area contributed by atoms with Gasteiger partial charge in [-0.2, -0.15) is 5.26 Å². The second-order valence-corrected chi connectivity index (χ2v) is 5.16. The second-order valence-electron chi connectivity index (χ2n) is 5.16. The van der Waals surface area contributed by atoms with Crippen LogP contribution in [0.25, 0.3) is 11.1 Å². The van der Waals surface area contributed by atoms with E-state index in [2.05, 4.69) is 0 Å². The fourth-order valence-corrected chi connectivity index (χ4v) is 3.24. The first-order chi connectivity index (χ1) is 10.1. The highest BCUT2D eigenvalue weighted by Crippen LogP contribution is 2.51. The van der Waals surface area contributed by atoms with E-state index in [0.717, 1.165) is 16.7 Å². The number of primary amides is 1. The molecule has 1 atom stereocenters. The van der Waals surface area contributed by atoms with Gasteiger partial charge in [-0.3, -0.25) is 4.79 Å². The Bertz CT molecular complexity index is 779. The highest BCUT2D eigenvalue weighted by Gasteiger charge is 2.47. The monoisotopic (exact) mass is 280 g/mol. The van der Waals surface area contributed by atoms with E-state index in [1.54, 1.807) is 6.07 Å². The van der Waals surface area contributed by atoms with Gasteiger partial charge in [0.1, 0.15) is 11.2 Å². The van der Waals surface area contributed by atoms with Gasteiger partial charge in [0.2, 0.25) is 5.91 Å². The molecule has 0 saturated heterocycles. The SMILES string of the molecule is N#CCCC1(C(N)=O)c2ccccc2-c2ccc(F)cc21. The van der Waals surface area contributed by atoms with Gasteiger partial charge in [0.05, 0.1) is 6.07 Å².